The molecule has 1 aromatic heterocycles. The Hall–Kier alpha value is -1.39. The summed E-state index contributed by atoms with van der Waals surface area (Å²) in [6.07, 6.45) is 3.26. The van der Waals surface area contributed by atoms with Crippen LogP contribution in [0.15, 0.2) is 29.6 Å². The molecule has 0 unspecified atom stereocenters. The fourth-order valence-corrected chi connectivity index (χ4v) is 3.79. The fourth-order valence-electron chi connectivity index (χ4n) is 3.02. The Morgan fingerprint density at radius 2 is 2.25 bits per heavy atom. The number of hydrogen-bond acceptors (Lipinski definition) is 3. The van der Waals surface area contributed by atoms with Crippen molar-refractivity contribution in [3.63, 3.8) is 0 Å². The molecule has 106 valence electrons. The Morgan fingerprint density at radius 3 is 3.05 bits per heavy atom. The second-order valence-electron chi connectivity index (χ2n) is 5.59. The SMILES string of the molecule is C[C@H](N)[C@@H]1CCCCN1C(=O)c1ccc2sccc2c1. The van der Waals surface area contributed by atoms with Gasteiger partial charge in [-0.2, -0.15) is 0 Å². The maximum atomic E-state index is 12.8. The summed E-state index contributed by atoms with van der Waals surface area (Å²) in [7, 11) is 0. The van der Waals surface area contributed by atoms with Gasteiger partial charge in [-0.15, -0.1) is 11.3 Å². The molecule has 3 nitrogen and oxygen atoms in total. The molecular weight excluding hydrogens is 268 g/mol. The Balaban J connectivity index is 1.89. The first-order chi connectivity index (χ1) is 9.66. The number of carbonyl (C=O) groups is 1. The molecule has 20 heavy (non-hydrogen) atoms. The second-order valence-corrected chi connectivity index (χ2v) is 6.54. The average molecular weight is 288 g/mol. The van der Waals surface area contributed by atoms with Crippen LogP contribution in [-0.2, 0) is 0 Å². The van der Waals surface area contributed by atoms with Gasteiger partial charge in [-0.25, -0.2) is 0 Å². The van der Waals surface area contributed by atoms with E-state index in [4.69, 9.17) is 5.73 Å². The molecule has 2 aromatic rings. The summed E-state index contributed by atoms with van der Waals surface area (Å²) in [4.78, 5) is 14.7. The molecule has 2 heterocycles. The van der Waals surface area contributed by atoms with E-state index in [0.29, 0.717) is 0 Å². The van der Waals surface area contributed by atoms with Gasteiger partial charge in [-0.3, -0.25) is 4.79 Å². The van der Waals surface area contributed by atoms with E-state index in [1.54, 1.807) is 11.3 Å². The van der Waals surface area contributed by atoms with E-state index in [2.05, 4.69) is 11.4 Å². The number of benzene rings is 1. The standard InChI is InChI=1S/C16H20N2OS/c1-11(17)14-4-2-3-8-18(14)16(19)13-5-6-15-12(10-13)7-9-20-15/h5-7,9-11,14H,2-4,8,17H2,1H3/t11-,14-/m0/s1. The zero-order valence-corrected chi connectivity index (χ0v) is 12.5. The van der Waals surface area contributed by atoms with Crippen molar-refractivity contribution in [2.75, 3.05) is 6.54 Å². The lowest BCUT2D eigenvalue weighted by Crippen LogP contribution is -2.51. The lowest BCUT2D eigenvalue weighted by molar-refractivity contribution is 0.0584. The van der Waals surface area contributed by atoms with Crippen LogP contribution in [0.25, 0.3) is 10.1 Å². The van der Waals surface area contributed by atoms with E-state index >= 15 is 0 Å². The highest BCUT2D eigenvalue weighted by Gasteiger charge is 2.29. The molecule has 3 rings (SSSR count). The van der Waals surface area contributed by atoms with Crippen molar-refractivity contribution in [3.8, 4) is 0 Å². The molecule has 1 aliphatic rings. The molecule has 2 N–H and O–H groups in total. The van der Waals surface area contributed by atoms with Gasteiger partial charge in [0, 0.05) is 28.9 Å². The molecule has 1 aliphatic heterocycles. The van der Waals surface area contributed by atoms with Crippen LogP contribution in [0.1, 0.15) is 36.5 Å². The quantitative estimate of drug-likeness (QED) is 0.922. The first kappa shape index (κ1) is 13.6. The first-order valence-corrected chi connectivity index (χ1v) is 8.08. The number of hydrogen-bond donors (Lipinski definition) is 1. The number of piperidine rings is 1. The molecule has 1 saturated heterocycles. The van der Waals surface area contributed by atoms with Crippen LogP contribution in [0.5, 0.6) is 0 Å². The normalized spacial score (nSPS) is 21.1. The van der Waals surface area contributed by atoms with Crippen molar-refractivity contribution >= 4 is 27.3 Å². The third-order valence-electron chi connectivity index (χ3n) is 4.12. The topological polar surface area (TPSA) is 46.3 Å². The van der Waals surface area contributed by atoms with E-state index in [-0.39, 0.29) is 18.0 Å². The van der Waals surface area contributed by atoms with Crippen molar-refractivity contribution in [1.29, 1.82) is 0 Å². The summed E-state index contributed by atoms with van der Waals surface area (Å²) >= 11 is 1.70. The highest BCUT2D eigenvalue weighted by molar-refractivity contribution is 7.17. The van der Waals surface area contributed by atoms with Crippen molar-refractivity contribution in [2.45, 2.75) is 38.3 Å². The Morgan fingerprint density at radius 1 is 1.40 bits per heavy atom. The van der Waals surface area contributed by atoms with Crippen molar-refractivity contribution in [2.24, 2.45) is 5.73 Å². The van der Waals surface area contributed by atoms with Gasteiger partial charge in [0.2, 0.25) is 0 Å². The van der Waals surface area contributed by atoms with Crippen LogP contribution in [0.2, 0.25) is 0 Å². The predicted octanol–water partition coefficient (Wildman–Crippen LogP) is 3.24. The summed E-state index contributed by atoms with van der Waals surface area (Å²) < 4.78 is 1.23. The van der Waals surface area contributed by atoms with Gasteiger partial charge in [0.05, 0.1) is 0 Å². The minimum Gasteiger partial charge on any atom is -0.334 e. The Kier molecular flexibility index (Phi) is 3.76. The zero-order valence-electron chi connectivity index (χ0n) is 11.7. The second kappa shape index (κ2) is 5.54. The van der Waals surface area contributed by atoms with Gasteiger partial charge in [0.25, 0.3) is 5.91 Å². The molecule has 0 aliphatic carbocycles. The van der Waals surface area contributed by atoms with E-state index in [9.17, 15) is 4.79 Å². The summed E-state index contributed by atoms with van der Waals surface area (Å²) in [5.41, 5.74) is 6.84. The molecular formula is C16H20N2OS. The van der Waals surface area contributed by atoms with E-state index < -0.39 is 0 Å². The van der Waals surface area contributed by atoms with Gasteiger partial charge in [-0.05, 0) is 61.2 Å². The van der Waals surface area contributed by atoms with E-state index in [1.807, 2.05) is 30.0 Å². The largest absolute Gasteiger partial charge is 0.334 e. The maximum absolute atomic E-state index is 12.8. The number of fused-ring (bicyclic) bond motifs is 1. The highest BCUT2D eigenvalue weighted by atomic mass is 32.1. The number of thiophene rings is 1. The van der Waals surface area contributed by atoms with E-state index in [1.165, 1.54) is 11.1 Å². The van der Waals surface area contributed by atoms with E-state index in [0.717, 1.165) is 30.3 Å². The molecule has 0 radical (unpaired) electrons. The van der Waals surface area contributed by atoms with Crippen LogP contribution >= 0.6 is 11.3 Å². The number of nitrogens with two attached hydrogens (primary N) is 1. The monoisotopic (exact) mass is 288 g/mol. The van der Waals surface area contributed by atoms with Gasteiger partial charge < -0.3 is 10.6 Å². The molecule has 1 aromatic carbocycles. The Labute approximate surface area is 123 Å². The number of amides is 1. The number of nitrogens with zero attached hydrogens (tertiary/aromatic N) is 1. The van der Waals surface area contributed by atoms with Crippen molar-refractivity contribution in [3.05, 3.63) is 35.2 Å². The van der Waals surface area contributed by atoms with Gasteiger partial charge in [0.1, 0.15) is 0 Å². The Bertz CT molecular complexity index is 620. The van der Waals surface area contributed by atoms with Crippen LogP contribution < -0.4 is 5.73 Å². The minimum atomic E-state index is 0.0316. The van der Waals surface area contributed by atoms with Crippen LogP contribution in [0, 0.1) is 0 Å². The van der Waals surface area contributed by atoms with Crippen LogP contribution in [0.3, 0.4) is 0 Å². The van der Waals surface area contributed by atoms with Gasteiger partial charge in [0.15, 0.2) is 0 Å². The average Bonchev–Trinajstić information content (AvgIpc) is 2.93. The molecule has 0 saturated carbocycles. The molecule has 4 heteroatoms. The molecule has 1 amide bonds. The van der Waals surface area contributed by atoms with Crippen molar-refractivity contribution < 1.29 is 4.79 Å². The molecule has 1 fully saturated rings. The summed E-state index contributed by atoms with van der Waals surface area (Å²) in [6, 6.07) is 8.25. The maximum Gasteiger partial charge on any atom is 0.254 e. The smallest absolute Gasteiger partial charge is 0.254 e. The van der Waals surface area contributed by atoms with Crippen LogP contribution in [0.4, 0.5) is 0 Å². The summed E-state index contributed by atoms with van der Waals surface area (Å²) in [5.74, 6) is 0.125. The summed E-state index contributed by atoms with van der Waals surface area (Å²) in [5, 5.41) is 3.21. The summed E-state index contributed by atoms with van der Waals surface area (Å²) in [6.45, 7) is 2.82. The number of rotatable bonds is 2. The molecule has 0 bridgehead atoms. The van der Waals surface area contributed by atoms with Crippen molar-refractivity contribution in [1.82, 2.24) is 4.90 Å². The lowest BCUT2D eigenvalue weighted by atomic mass is 9.96. The number of likely N-dealkylation sites (tertiary alicyclic amines) is 1. The third-order valence-corrected chi connectivity index (χ3v) is 5.01. The first-order valence-electron chi connectivity index (χ1n) is 7.20. The molecule has 0 spiro atoms. The highest BCUT2D eigenvalue weighted by Crippen LogP contribution is 2.25. The lowest BCUT2D eigenvalue weighted by Gasteiger charge is -2.38. The third kappa shape index (κ3) is 2.45. The van der Waals surface area contributed by atoms with Gasteiger partial charge >= 0.3 is 0 Å². The molecule has 2 atom stereocenters. The minimum absolute atomic E-state index is 0.0316. The zero-order chi connectivity index (χ0) is 14.1. The van der Waals surface area contributed by atoms with Gasteiger partial charge in [-0.1, -0.05) is 0 Å². The predicted molar refractivity (Wildman–Crippen MR) is 84.1 cm³/mol. The number of carbonyl (C=O) groups excluding carboxylic acids is 1. The van der Waals surface area contributed by atoms with Crippen LogP contribution in [-0.4, -0.2) is 29.4 Å². The fraction of sp³-hybridized carbons (Fsp3) is 0.438.